The Hall–Kier alpha value is -0.650. The number of Topliss-reactive ketones (excluding diaryl/α,β-unsaturated/α-hetero) is 2. The highest BCUT2D eigenvalue weighted by atomic mass is 32.2. The van der Waals surface area contributed by atoms with Gasteiger partial charge in [0.25, 0.3) is 0 Å². The molecule has 0 spiro atoms. The van der Waals surface area contributed by atoms with Gasteiger partial charge in [-0.3, -0.25) is 14.4 Å². The van der Waals surface area contributed by atoms with E-state index in [-0.39, 0.29) is 17.5 Å². The van der Waals surface area contributed by atoms with Crippen molar-refractivity contribution in [2.24, 2.45) is 11.8 Å². The average molecular weight is 285 g/mol. The van der Waals surface area contributed by atoms with Gasteiger partial charge in [0, 0.05) is 19.4 Å². The summed E-state index contributed by atoms with van der Waals surface area (Å²) in [6.07, 6.45) is 5.34. The van der Waals surface area contributed by atoms with E-state index in [1.165, 1.54) is 0 Å². The van der Waals surface area contributed by atoms with E-state index >= 15 is 0 Å². The average Bonchev–Trinajstić information content (AvgIpc) is 2.35. The van der Waals surface area contributed by atoms with Crippen molar-refractivity contribution in [3.63, 3.8) is 0 Å². The first kappa shape index (κ1) is 16.4. The van der Waals surface area contributed by atoms with Crippen LogP contribution >= 0.6 is 11.8 Å². The minimum Gasteiger partial charge on any atom is -0.294 e. The minimum absolute atomic E-state index is 0.0000166. The lowest BCUT2D eigenvalue weighted by Crippen LogP contribution is -2.28. The molecule has 0 radical (unpaired) electrons. The highest BCUT2D eigenvalue weighted by molar-refractivity contribution is 7.98. The molecule has 4 nitrogen and oxygen atoms in total. The number of hydrogen-bond donors (Lipinski definition) is 1. The standard InChI is InChI=1S/C14H23NO3S/c1-10(2)11-7-13(16)12(14(17)8-11)5-4-6-15-18-9-19-3/h5,10-11,15H,4,6-9H2,1-3H3. The van der Waals surface area contributed by atoms with Gasteiger partial charge < -0.3 is 0 Å². The summed E-state index contributed by atoms with van der Waals surface area (Å²) < 4.78 is 0. The van der Waals surface area contributed by atoms with E-state index in [1.807, 2.05) is 6.26 Å². The third-order valence-electron chi connectivity index (χ3n) is 3.31. The molecule has 0 saturated heterocycles. The van der Waals surface area contributed by atoms with Gasteiger partial charge >= 0.3 is 0 Å². The molecular formula is C14H23NO3S. The molecule has 19 heavy (non-hydrogen) atoms. The Labute approximate surface area is 119 Å². The summed E-state index contributed by atoms with van der Waals surface area (Å²) in [7, 11) is 0. The zero-order valence-electron chi connectivity index (χ0n) is 11.9. The number of ketones is 2. The fourth-order valence-electron chi connectivity index (χ4n) is 2.07. The Morgan fingerprint density at radius 2 is 2.00 bits per heavy atom. The molecule has 0 aliphatic heterocycles. The zero-order chi connectivity index (χ0) is 14.3. The molecule has 5 heteroatoms. The predicted molar refractivity (Wildman–Crippen MR) is 77.7 cm³/mol. The lowest BCUT2D eigenvalue weighted by molar-refractivity contribution is -0.126. The molecule has 0 atom stereocenters. The van der Waals surface area contributed by atoms with E-state index in [9.17, 15) is 9.59 Å². The van der Waals surface area contributed by atoms with E-state index < -0.39 is 0 Å². The van der Waals surface area contributed by atoms with Crippen LogP contribution in [0.4, 0.5) is 0 Å². The Kier molecular flexibility index (Phi) is 7.34. The molecule has 0 aromatic rings. The van der Waals surface area contributed by atoms with Crippen LogP contribution in [0, 0.1) is 11.8 Å². The number of hydrogen-bond acceptors (Lipinski definition) is 5. The van der Waals surface area contributed by atoms with Crippen LogP contribution in [-0.4, -0.2) is 30.3 Å². The molecule has 0 bridgehead atoms. The van der Waals surface area contributed by atoms with Crippen molar-refractivity contribution in [3.05, 3.63) is 11.6 Å². The van der Waals surface area contributed by atoms with Crippen LogP contribution < -0.4 is 5.48 Å². The maximum Gasteiger partial charge on any atom is 0.166 e. The molecule has 1 rings (SSSR count). The SMILES string of the molecule is CSCONCCC=C1C(=O)CC(C(C)C)CC1=O. The largest absolute Gasteiger partial charge is 0.294 e. The third kappa shape index (κ3) is 5.47. The van der Waals surface area contributed by atoms with E-state index in [0.29, 0.717) is 43.2 Å². The second-order valence-electron chi connectivity index (χ2n) is 5.11. The maximum atomic E-state index is 11.9. The first-order valence-electron chi connectivity index (χ1n) is 6.66. The van der Waals surface area contributed by atoms with E-state index in [2.05, 4.69) is 19.3 Å². The Morgan fingerprint density at radius 1 is 1.37 bits per heavy atom. The molecule has 0 heterocycles. The van der Waals surface area contributed by atoms with Gasteiger partial charge in [0.15, 0.2) is 11.6 Å². The summed E-state index contributed by atoms with van der Waals surface area (Å²) in [5, 5.41) is 0. The Morgan fingerprint density at radius 3 is 2.53 bits per heavy atom. The third-order valence-corrected chi connectivity index (χ3v) is 3.67. The van der Waals surface area contributed by atoms with Crippen LogP contribution in [0.5, 0.6) is 0 Å². The number of carbonyl (C=O) groups is 2. The summed E-state index contributed by atoms with van der Waals surface area (Å²) in [4.78, 5) is 29.0. The molecule has 1 fully saturated rings. The molecule has 1 N–H and O–H groups in total. The number of rotatable bonds is 7. The monoisotopic (exact) mass is 285 g/mol. The van der Waals surface area contributed by atoms with Gasteiger partial charge in [0.2, 0.25) is 0 Å². The number of allylic oxidation sites excluding steroid dienone is 1. The summed E-state index contributed by atoms with van der Waals surface area (Å²) in [6, 6.07) is 0. The Balaban J connectivity index is 2.41. The molecule has 0 aromatic carbocycles. The van der Waals surface area contributed by atoms with E-state index in [0.717, 1.165) is 0 Å². The molecule has 0 amide bonds. The topological polar surface area (TPSA) is 55.4 Å². The number of carbonyl (C=O) groups excluding carboxylic acids is 2. The Bertz CT molecular complexity index is 333. The van der Waals surface area contributed by atoms with E-state index in [4.69, 9.17) is 4.84 Å². The maximum absolute atomic E-state index is 11.9. The molecule has 1 saturated carbocycles. The smallest absolute Gasteiger partial charge is 0.166 e. The summed E-state index contributed by atoms with van der Waals surface area (Å²) in [6.45, 7) is 4.73. The lowest BCUT2D eigenvalue weighted by Gasteiger charge is -2.24. The van der Waals surface area contributed by atoms with Gasteiger partial charge in [-0.2, -0.15) is 0 Å². The fraction of sp³-hybridized carbons (Fsp3) is 0.714. The quantitative estimate of drug-likeness (QED) is 0.256. The first-order chi connectivity index (χ1) is 9.06. The van der Waals surface area contributed by atoms with Crippen LogP contribution in [0.15, 0.2) is 11.6 Å². The normalized spacial score (nSPS) is 20.2. The molecular weight excluding hydrogens is 262 g/mol. The van der Waals surface area contributed by atoms with Crippen molar-refractivity contribution in [1.29, 1.82) is 0 Å². The molecule has 1 aliphatic rings. The molecule has 0 aromatic heterocycles. The second-order valence-corrected chi connectivity index (χ2v) is 5.92. The van der Waals surface area contributed by atoms with Gasteiger partial charge in [-0.1, -0.05) is 19.9 Å². The zero-order valence-corrected chi connectivity index (χ0v) is 12.7. The van der Waals surface area contributed by atoms with Crippen LogP contribution in [0.25, 0.3) is 0 Å². The van der Waals surface area contributed by atoms with Crippen molar-refractivity contribution in [1.82, 2.24) is 5.48 Å². The number of thioether (sulfide) groups is 1. The summed E-state index contributed by atoms with van der Waals surface area (Å²) >= 11 is 1.58. The second kappa shape index (κ2) is 8.51. The number of hydroxylamine groups is 1. The van der Waals surface area contributed by atoms with E-state index in [1.54, 1.807) is 17.8 Å². The molecule has 0 unspecified atom stereocenters. The van der Waals surface area contributed by atoms with Crippen molar-refractivity contribution < 1.29 is 14.4 Å². The fourth-order valence-corrected chi connectivity index (χ4v) is 2.27. The van der Waals surface area contributed by atoms with Crippen LogP contribution in [0.2, 0.25) is 0 Å². The van der Waals surface area contributed by atoms with Gasteiger partial charge in [0.05, 0.1) is 5.57 Å². The van der Waals surface area contributed by atoms with Crippen molar-refractivity contribution in [2.75, 3.05) is 18.7 Å². The molecule has 108 valence electrons. The highest BCUT2D eigenvalue weighted by Gasteiger charge is 2.31. The van der Waals surface area contributed by atoms with Crippen LogP contribution in [-0.2, 0) is 14.4 Å². The minimum atomic E-state index is -0.0000166. The van der Waals surface area contributed by atoms with Crippen molar-refractivity contribution in [3.8, 4) is 0 Å². The first-order valence-corrected chi connectivity index (χ1v) is 8.05. The predicted octanol–water partition coefficient (Wildman–Crippen LogP) is 2.35. The van der Waals surface area contributed by atoms with Crippen molar-refractivity contribution in [2.45, 2.75) is 33.1 Å². The number of nitrogens with one attached hydrogen (secondary N) is 1. The molecule has 1 aliphatic carbocycles. The van der Waals surface area contributed by atoms with Crippen LogP contribution in [0.3, 0.4) is 0 Å². The van der Waals surface area contributed by atoms with Crippen molar-refractivity contribution >= 4 is 23.3 Å². The van der Waals surface area contributed by atoms with Gasteiger partial charge in [-0.15, -0.1) is 11.8 Å². The highest BCUT2D eigenvalue weighted by Crippen LogP contribution is 2.28. The summed E-state index contributed by atoms with van der Waals surface area (Å²) in [5.74, 6) is 1.18. The van der Waals surface area contributed by atoms with Gasteiger partial charge in [0.1, 0.15) is 5.94 Å². The summed E-state index contributed by atoms with van der Waals surface area (Å²) in [5.41, 5.74) is 3.19. The van der Waals surface area contributed by atoms with Gasteiger partial charge in [-0.05, 0) is 24.5 Å². The lowest BCUT2D eigenvalue weighted by atomic mass is 9.78. The van der Waals surface area contributed by atoms with Gasteiger partial charge in [-0.25, -0.2) is 5.48 Å². The van der Waals surface area contributed by atoms with Crippen LogP contribution in [0.1, 0.15) is 33.1 Å².